The van der Waals surface area contributed by atoms with Crippen LogP contribution in [0, 0.1) is 18.3 Å². The Kier molecular flexibility index (Phi) is 7.61. The normalized spacial score (nSPS) is 14.7. The van der Waals surface area contributed by atoms with Crippen molar-refractivity contribution < 1.29 is 9.53 Å². The summed E-state index contributed by atoms with van der Waals surface area (Å²) in [5.41, 5.74) is 1.90. The molecule has 9 heteroatoms. The van der Waals surface area contributed by atoms with Crippen LogP contribution in [0.25, 0.3) is 6.08 Å². The molecule has 1 aliphatic heterocycles. The van der Waals surface area contributed by atoms with Crippen LogP contribution >= 0.6 is 24.0 Å². The summed E-state index contributed by atoms with van der Waals surface area (Å²) < 4.78 is 7.15. The van der Waals surface area contributed by atoms with Gasteiger partial charge in [-0.1, -0.05) is 36.1 Å². The van der Waals surface area contributed by atoms with Crippen LogP contribution in [-0.4, -0.2) is 39.9 Å². The number of benzene rings is 1. The van der Waals surface area contributed by atoms with Gasteiger partial charge < -0.3 is 9.64 Å². The first-order valence-electron chi connectivity index (χ1n) is 10.5. The van der Waals surface area contributed by atoms with Gasteiger partial charge in [0.05, 0.1) is 18.6 Å². The van der Waals surface area contributed by atoms with Crippen molar-refractivity contribution in [1.82, 2.24) is 9.47 Å². The lowest BCUT2D eigenvalue weighted by molar-refractivity contribution is -0.122. The van der Waals surface area contributed by atoms with E-state index in [2.05, 4.69) is 0 Å². The molecule has 0 bridgehead atoms. The van der Waals surface area contributed by atoms with Gasteiger partial charge in [0.1, 0.15) is 27.5 Å². The summed E-state index contributed by atoms with van der Waals surface area (Å²) in [5, 5.41) is 9.58. The first-order valence-corrected chi connectivity index (χ1v) is 11.8. The minimum absolute atomic E-state index is 0.0772. The molecule has 1 aromatic heterocycles. The molecule has 0 atom stereocenters. The average molecular weight is 483 g/mol. The molecule has 0 N–H and O–H groups in total. The summed E-state index contributed by atoms with van der Waals surface area (Å²) in [5.74, 6) is 1.23. The smallest absolute Gasteiger partial charge is 0.270 e. The van der Waals surface area contributed by atoms with E-state index < -0.39 is 0 Å². The molecule has 0 saturated carbocycles. The second-order valence-electron chi connectivity index (χ2n) is 7.50. The number of ether oxygens (including phenoxy) is 1. The van der Waals surface area contributed by atoms with E-state index in [-0.39, 0.29) is 17.0 Å². The third kappa shape index (κ3) is 4.68. The maximum Gasteiger partial charge on any atom is 0.270 e. The van der Waals surface area contributed by atoms with Crippen molar-refractivity contribution in [2.24, 2.45) is 7.05 Å². The Balaban J connectivity index is 2.06. The zero-order valence-electron chi connectivity index (χ0n) is 19.3. The van der Waals surface area contributed by atoms with E-state index in [9.17, 15) is 14.9 Å². The molecule has 0 radical (unpaired) electrons. The van der Waals surface area contributed by atoms with Crippen LogP contribution in [0.2, 0.25) is 0 Å². The topological polar surface area (TPSA) is 78.6 Å². The van der Waals surface area contributed by atoms with Gasteiger partial charge in [-0.15, -0.1) is 0 Å². The Morgan fingerprint density at radius 1 is 1.21 bits per heavy atom. The Morgan fingerprint density at radius 2 is 1.85 bits per heavy atom. The highest BCUT2D eigenvalue weighted by molar-refractivity contribution is 8.26. The predicted molar refractivity (Wildman–Crippen MR) is 136 cm³/mol. The molecule has 1 saturated heterocycles. The van der Waals surface area contributed by atoms with E-state index >= 15 is 0 Å². The van der Waals surface area contributed by atoms with Crippen molar-refractivity contribution in [1.29, 1.82) is 5.26 Å². The van der Waals surface area contributed by atoms with Crippen LogP contribution in [0.15, 0.2) is 34.0 Å². The molecule has 1 aromatic carbocycles. The minimum atomic E-state index is -0.346. The number of aromatic nitrogens is 1. The largest absolute Gasteiger partial charge is 0.497 e. The van der Waals surface area contributed by atoms with E-state index in [0.29, 0.717) is 45.8 Å². The third-order valence-corrected chi connectivity index (χ3v) is 7.06. The van der Waals surface area contributed by atoms with Crippen LogP contribution < -0.4 is 15.2 Å². The maximum absolute atomic E-state index is 13.3. The number of thiocarbonyl (C=S) groups is 1. The van der Waals surface area contributed by atoms with Crippen LogP contribution in [0.4, 0.5) is 5.82 Å². The van der Waals surface area contributed by atoms with Gasteiger partial charge in [0, 0.05) is 25.7 Å². The number of anilines is 1. The predicted octanol–water partition coefficient (Wildman–Crippen LogP) is 3.82. The summed E-state index contributed by atoms with van der Waals surface area (Å²) >= 11 is 6.73. The van der Waals surface area contributed by atoms with Gasteiger partial charge in [-0.05, 0) is 50.1 Å². The fourth-order valence-corrected chi connectivity index (χ4v) is 5.04. The highest BCUT2D eigenvalue weighted by Crippen LogP contribution is 2.36. The molecule has 0 spiro atoms. The molecular formula is C24H26N4O3S2. The summed E-state index contributed by atoms with van der Waals surface area (Å²) in [6.45, 7) is 7.45. The molecular weight excluding hydrogens is 456 g/mol. The molecule has 33 heavy (non-hydrogen) atoms. The highest BCUT2D eigenvalue weighted by Gasteiger charge is 2.33. The quantitative estimate of drug-likeness (QED) is 0.438. The van der Waals surface area contributed by atoms with Gasteiger partial charge in [-0.25, -0.2) is 0 Å². The zero-order chi connectivity index (χ0) is 24.3. The van der Waals surface area contributed by atoms with E-state index in [0.717, 1.165) is 11.3 Å². The van der Waals surface area contributed by atoms with Crippen molar-refractivity contribution in [3.05, 3.63) is 61.8 Å². The lowest BCUT2D eigenvalue weighted by atomic mass is 10.0. The van der Waals surface area contributed by atoms with Crippen LogP contribution in [0.3, 0.4) is 0 Å². The van der Waals surface area contributed by atoms with Crippen molar-refractivity contribution in [2.45, 2.75) is 27.3 Å². The lowest BCUT2D eigenvalue weighted by Gasteiger charge is -2.27. The molecule has 172 valence electrons. The molecule has 2 aromatic rings. The highest BCUT2D eigenvalue weighted by atomic mass is 32.2. The van der Waals surface area contributed by atoms with E-state index in [1.165, 1.54) is 16.3 Å². The van der Waals surface area contributed by atoms with Gasteiger partial charge in [0.2, 0.25) is 0 Å². The first-order chi connectivity index (χ1) is 15.8. The molecule has 0 unspecified atom stereocenters. The van der Waals surface area contributed by atoms with Crippen molar-refractivity contribution in [2.75, 3.05) is 25.1 Å². The average Bonchev–Trinajstić information content (AvgIpc) is 3.08. The Morgan fingerprint density at radius 3 is 2.39 bits per heavy atom. The fraction of sp³-hybridized carbons (Fsp3) is 0.333. The Labute approximate surface area is 203 Å². The molecule has 2 heterocycles. The molecule has 1 aliphatic rings. The van der Waals surface area contributed by atoms with Crippen molar-refractivity contribution in [3.63, 3.8) is 0 Å². The van der Waals surface area contributed by atoms with Crippen molar-refractivity contribution >= 4 is 46.1 Å². The number of hydrogen-bond donors (Lipinski definition) is 0. The van der Waals surface area contributed by atoms with E-state index in [1.807, 2.05) is 49.1 Å². The van der Waals surface area contributed by atoms with Crippen LogP contribution in [0.5, 0.6) is 5.75 Å². The first kappa shape index (κ1) is 24.6. The summed E-state index contributed by atoms with van der Waals surface area (Å²) in [6, 6.07) is 9.51. The SMILES string of the molecule is CCN(CC)c1c(C=C2SC(=S)N(Cc3ccc(OC)cc3)C2=O)c(C)c(C#N)c(=O)n1C. The van der Waals surface area contributed by atoms with Gasteiger partial charge in [0.25, 0.3) is 11.5 Å². The van der Waals surface area contributed by atoms with Gasteiger partial charge in [-0.2, -0.15) is 5.26 Å². The second kappa shape index (κ2) is 10.2. The zero-order valence-corrected chi connectivity index (χ0v) is 21.0. The third-order valence-electron chi connectivity index (χ3n) is 5.68. The van der Waals surface area contributed by atoms with Gasteiger partial charge in [0.15, 0.2) is 0 Å². The second-order valence-corrected chi connectivity index (χ2v) is 9.18. The number of amides is 1. The number of pyridine rings is 1. The molecule has 7 nitrogen and oxygen atoms in total. The Hall–Kier alpha value is -3.09. The van der Waals surface area contributed by atoms with E-state index in [4.69, 9.17) is 17.0 Å². The molecule has 1 fully saturated rings. The molecule has 1 amide bonds. The summed E-state index contributed by atoms with van der Waals surface area (Å²) in [6.07, 6.45) is 1.76. The van der Waals surface area contributed by atoms with Crippen molar-refractivity contribution in [3.8, 4) is 11.8 Å². The van der Waals surface area contributed by atoms with Gasteiger partial charge >= 0.3 is 0 Å². The number of methoxy groups -OCH3 is 1. The summed E-state index contributed by atoms with van der Waals surface area (Å²) in [4.78, 5) is 30.1. The minimum Gasteiger partial charge on any atom is -0.497 e. The number of rotatable bonds is 7. The lowest BCUT2D eigenvalue weighted by Crippen LogP contribution is -2.33. The van der Waals surface area contributed by atoms with Crippen LogP contribution in [0.1, 0.15) is 36.1 Å². The number of nitrogens with zero attached hydrogens (tertiary/aromatic N) is 4. The number of thioether (sulfide) groups is 1. The molecule has 0 aliphatic carbocycles. The standard InChI is InChI=1S/C24H26N4O3S2/c1-6-27(7-2)21-18(15(3)19(13-25)22(29)26(21)4)12-20-23(30)28(24(32)33-20)14-16-8-10-17(31-5)11-9-16/h8-12H,6-7,14H2,1-5H3. The monoisotopic (exact) mass is 482 g/mol. The molecule has 3 rings (SSSR count). The van der Waals surface area contributed by atoms with Gasteiger partial charge in [-0.3, -0.25) is 19.1 Å². The fourth-order valence-electron chi connectivity index (χ4n) is 3.80. The number of hydrogen-bond acceptors (Lipinski definition) is 7. The Bertz CT molecular complexity index is 1220. The summed E-state index contributed by atoms with van der Waals surface area (Å²) in [7, 11) is 3.26. The van der Waals surface area contributed by atoms with Crippen LogP contribution in [-0.2, 0) is 18.4 Å². The van der Waals surface area contributed by atoms with E-state index in [1.54, 1.807) is 32.1 Å². The number of carbonyl (C=O) groups is 1. The number of carbonyl (C=O) groups excluding carboxylic acids is 1. The maximum atomic E-state index is 13.3. The number of nitriles is 1.